The zero-order valence-corrected chi connectivity index (χ0v) is 11.0. The van der Waals surface area contributed by atoms with Crippen molar-refractivity contribution in [2.24, 2.45) is 5.41 Å². The van der Waals surface area contributed by atoms with Gasteiger partial charge in [0.15, 0.2) is 0 Å². The lowest BCUT2D eigenvalue weighted by Crippen LogP contribution is -2.40. The molecule has 0 amide bonds. The molecule has 0 aliphatic carbocycles. The van der Waals surface area contributed by atoms with Gasteiger partial charge in [0.05, 0.1) is 0 Å². The summed E-state index contributed by atoms with van der Waals surface area (Å²) >= 11 is 0. The fraction of sp³-hybridized carbons (Fsp3) is 0.846. The zero-order valence-electron chi connectivity index (χ0n) is 11.0. The number of hydrogen-bond acceptors (Lipinski definition) is 2. The van der Waals surface area contributed by atoms with E-state index in [1.165, 1.54) is 13.0 Å². The summed E-state index contributed by atoms with van der Waals surface area (Å²) in [5.41, 5.74) is 0.341. The summed E-state index contributed by atoms with van der Waals surface area (Å²) in [6.45, 7) is 18.3. The van der Waals surface area contributed by atoms with E-state index in [1.54, 1.807) is 0 Å². The molecule has 2 nitrogen and oxygen atoms in total. The molecule has 0 saturated carbocycles. The predicted octanol–water partition coefficient (Wildman–Crippen LogP) is 2.52. The Bertz CT molecular complexity index is 164. The van der Waals surface area contributed by atoms with Gasteiger partial charge in [-0.1, -0.05) is 33.8 Å². The van der Waals surface area contributed by atoms with Crippen LogP contribution in [0.1, 0.15) is 34.1 Å². The Balaban J connectivity index is 4.04. The van der Waals surface area contributed by atoms with Gasteiger partial charge >= 0.3 is 0 Å². The van der Waals surface area contributed by atoms with Gasteiger partial charge in [0.25, 0.3) is 0 Å². The van der Waals surface area contributed by atoms with E-state index in [0.29, 0.717) is 5.41 Å². The Hall–Kier alpha value is -0.340. The van der Waals surface area contributed by atoms with E-state index >= 15 is 0 Å². The predicted molar refractivity (Wildman–Crippen MR) is 69.3 cm³/mol. The summed E-state index contributed by atoms with van der Waals surface area (Å²) in [6, 6.07) is 0. The minimum atomic E-state index is 0.341. The van der Waals surface area contributed by atoms with Crippen molar-refractivity contribution >= 4 is 0 Å². The lowest BCUT2D eigenvalue weighted by atomic mass is 9.92. The van der Waals surface area contributed by atoms with Crippen LogP contribution in [-0.4, -0.2) is 37.6 Å². The maximum atomic E-state index is 3.82. The van der Waals surface area contributed by atoms with Gasteiger partial charge in [-0.2, -0.15) is 0 Å². The molecular weight excluding hydrogens is 184 g/mol. The van der Waals surface area contributed by atoms with Gasteiger partial charge in [0, 0.05) is 19.6 Å². The average molecular weight is 212 g/mol. The van der Waals surface area contributed by atoms with Crippen molar-refractivity contribution in [1.29, 1.82) is 0 Å². The Kier molecular flexibility index (Phi) is 7.71. The number of nitrogens with one attached hydrogen (secondary N) is 1. The lowest BCUT2D eigenvalue weighted by Gasteiger charge is -2.32. The first-order valence-electron chi connectivity index (χ1n) is 6.09. The molecule has 0 fully saturated rings. The first-order valence-corrected chi connectivity index (χ1v) is 6.09. The number of rotatable bonds is 9. The van der Waals surface area contributed by atoms with Gasteiger partial charge in [0.1, 0.15) is 0 Å². The maximum absolute atomic E-state index is 3.82. The van der Waals surface area contributed by atoms with Crippen LogP contribution in [-0.2, 0) is 0 Å². The summed E-state index contributed by atoms with van der Waals surface area (Å²) in [5, 5.41) is 3.43. The van der Waals surface area contributed by atoms with Gasteiger partial charge in [-0.15, -0.1) is 6.58 Å². The van der Waals surface area contributed by atoms with Gasteiger partial charge in [-0.05, 0) is 24.9 Å². The largest absolute Gasteiger partial charge is 0.316 e. The summed E-state index contributed by atoms with van der Waals surface area (Å²) in [5.74, 6) is 0. The molecule has 0 radical (unpaired) electrons. The SMILES string of the molecule is C=CCN(CCC)CC(C)(C)CNCC. The minimum Gasteiger partial charge on any atom is -0.316 e. The first-order chi connectivity index (χ1) is 7.05. The van der Waals surface area contributed by atoms with Crippen LogP contribution in [0, 0.1) is 5.41 Å². The van der Waals surface area contributed by atoms with Crippen LogP contribution < -0.4 is 5.32 Å². The van der Waals surface area contributed by atoms with Crippen LogP contribution in [0.25, 0.3) is 0 Å². The van der Waals surface area contributed by atoms with E-state index in [4.69, 9.17) is 0 Å². The molecular formula is C13H28N2. The smallest absolute Gasteiger partial charge is 0.0160 e. The van der Waals surface area contributed by atoms with Crippen molar-refractivity contribution in [3.8, 4) is 0 Å². The first kappa shape index (κ1) is 14.7. The molecule has 0 aliphatic rings. The quantitative estimate of drug-likeness (QED) is 0.591. The Labute approximate surface area is 95.7 Å². The molecule has 0 aromatic heterocycles. The third-order valence-corrected chi connectivity index (χ3v) is 2.43. The molecule has 0 atom stereocenters. The number of hydrogen-bond donors (Lipinski definition) is 1. The van der Waals surface area contributed by atoms with Crippen LogP contribution in [0.3, 0.4) is 0 Å². The van der Waals surface area contributed by atoms with E-state index in [2.05, 4.69) is 44.5 Å². The van der Waals surface area contributed by atoms with Crippen molar-refractivity contribution in [1.82, 2.24) is 10.2 Å². The van der Waals surface area contributed by atoms with Gasteiger partial charge in [0.2, 0.25) is 0 Å². The van der Waals surface area contributed by atoms with Crippen molar-refractivity contribution in [2.75, 3.05) is 32.7 Å². The lowest BCUT2D eigenvalue weighted by molar-refractivity contribution is 0.189. The fourth-order valence-electron chi connectivity index (χ4n) is 1.86. The van der Waals surface area contributed by atoms with E-state index < -0.39 is 0 Å². The van der Waals surface area contributed by atoms with Crippen LogP contribution in [0.5, 0.6) is 0 Å². The number of nitrogens with zero attached hydrogens (tertiary/aromatic N) is 1. The third kappa shape index (κ3) is 7.57. The molecule has 0 bridgehead atoms. The highest BCUT2D eigenvalue weighted by molar-refractivity contribution is 4.80. The van der Waals surface area contributed by atoms with Gasteiger partial charge in [-0.3, -0.25) is 4.90 Å². The van der Waals surface area contributed by atoms with Crippen LogP contribution >= 0.6 is 0 Å². The van der Waals surface area contributed by atoms with Gasteiger partial charge < -0.3 is 5.32 Å². The van der Waals surface area contributed by atoms with Gasteiger partial charge in [-0.25, -0.2) is 0 Å². The second-order valence-electron chi connectivity index (χ2n) is 4.97. The highest BCUT2D eigenvalue weighted by Gasteiger charge is 2.20. The fourth-order valence-corrected chi connectivity index (χ4v) is 1.86. The Morgan fingerprint density at radius 3 is 2.47 bits per heavy atom. The maximum Gasteiger partial charge on any atom is 0.0160 e. The molecule has 0 spiro atoms. The monoisotopic (exact) mass is 212 g/mol. The van der Waals surface area contributed by atoms with Crippen LogP contribution in [0.4, 0.5) is 0 Å². The average Bonchev–Trinajstić information content (AvgIpc) is 2.15. The summed E-state index contributed by atoms with van der Waals surface area (Å²) in [7, 11) is 0. The van der Waals surface area contributed by atoms with E-state index in [9.17, 15) is 0 Å². The normalized spacial score (nSPS) is 12.1. The summed E-state index contributed by atoms with van der Waals surface area (Å²) < 4.78 is 0. The highest BCUT2D eigenvalue weighted by Crippen LogP contribution is 2.15. The van der Waals surface area contributed by atoms with Crippen molar-refractivity contribution in [2.45, 2.75) is 34.1 Å². The molecule has 15 heavy (non-hydrogen) atoms. The molecule has 0 aliphatic heterocycles. The standard InChI is InChI=1S/C13H28N2/c1-6-9-15(10-7-2)12-13(4,5)11-14-8-3/h6,14H,1,7-12H2,2-5H3. The summed E-state index contributed by atoms with van der Waals surface area (Å²) in [4.78, 5) is 2.48. The summed E-state index contributed by atoms with van der Waals surface area (Å²) in [6.07, 6.45) is 3.21. The second-order valence-corrected chi connectivity index (χ2v) is 4.97. The molecule has 0 unspecified atom stereocenters. The molecule has 0 aromatic rings. The van der Waals surface area contributed by atoms with E-state index in [1.807, 2.05) is 6.08 Å². The topological polar surface area (TPSA) is 15.3 Å². The van der Waals surface area contributed by atoms with E-state index in [0.717, 1.165) is 26.2 Å². The Morgan fingerprint density at radius 1 is 1.33 bits per heavy atom. The highest BCUT2D eigenvalue weighted by atomic mass is 15.1. The Morgan fingerprint density at radius 2 is 2.00 bits per heavy atom. The molecule has 2 heteroatoms. The molecule has 0 rings (SSSR count). The molecule has 90 valence electrons. The van der Waals surface area contributed by atoms with Crippen LogP contribution in [0.2, 0.25) is 0 Å². The molecule has 0 aromatic carbocycles. The third-order valence-electron chi connectivity index (χ3n) is 2.43. The molecule has 0 heterocycles. The van der Waals surface area contributed by atoms with E-state index in [-0.39, 0.29) is 0 Å². The van der Waals surface area contributed by atoms with Crippen molar-refractivity contribution < 1.29 is 0 Å². The van der Waals surface area contributed by atoms with Crippen LogP contribution in [0.15, 0.2) is 12.7 Å². The zero-order chi connectivity index (χ0) is 11.7. The second kappa shape index (κ2) is 7.89. The van der Waals surface area contributed by atoms with Crippen molar-refractivity contribution in [3.63, 3.8) is 0 Å². The van der Waals surface area contributed by atoms with Crippen molar-refractivity contribution in [3.05, 3.63) is 12.7 Å². The molecule has 0 saturated heterocycles. The minimum absolute atomic E-state index is 0.341. The molecule has 1 N–H and O–H groups in total.